The molecule has 0 spiro atoms. The highest BCUT2D eigenvalue weighted by Crippen LogP contribution is 2.25. The van der Waals surface area contributed by atoms with E-state index in [0.717, 1.165) is 0 Å². The first kappa shape index (κ1) is 13.3. The van der Waals surface area contributed by atoms with Crippen LogP contribution >= 0.6 is 11.3 Å². The number of benzene rings is 1. The zero-order valence-corrected chi connectivity index (χ0v) is 11.5. The molecule has 106 valence electrons. The molecule has 2 heterocycles. The fraction of sp³-hybridized carbons (Fsp3) is 0.0769. The summed E-state index contributed by atoms with van der Waals surface area (Å²) >= 11 is 1.39. The number of aromatic nitrogens is 2. The third-order valence-corrected chi connectivity index (χ3v) is 3.98. The molecule has 0 amide bonds. The van der Waals surface area contributed by atoms with Crippen molar-refractivity contribution < 1.29 is 4.92 Å². The molecule has 7 nitrogen and oxygen atoms in total. The Balaban J connectivity index is 2.07. The summed E-state index contributed by atoms with van der Waals surface area (Å²) in [5.41, 5.74) is 6.04. The lowest BCUT2D eigenvalue weighted by atomic mass is 10.1. The molecule has 0 aliphatic heterocycles. The molecule has 0 aliphatic rings. The largest absolute Gasteiger partial charge is 0.393 e. The van der Waals surface area contributed by atoms with Crippen LogP contribution in [0.4, 0.5) is 11.4 Å². The first-order valence-electron chi connectivity index (χ1n) is 6.02. The summed E-state index contributed by atoms with van der Waals surface area (Å²) in [5, 5.41) is 13.2. The molecule has 0 saturated carbocycles. The molecule has 1 aromatic carbocycles. The van der Waals surface area contributed by atoms with Crippen LogP contribution in [0, 0.1) is 10.1 Å². The predicted octanol–water partition coefficient (Wildman–Crippen LogP) is 2.00. The van der Waals surface area contributed by atoms with Gasteiger partial charge in [-0.25, -0.2) is 4.98 Å². The topological polar surface area (TPSA) is 104 Å². The number of hydrogen-bond acceptors (Lipinski definition) is 6. The molecule has 0 aliphatic carbocycles. The van der Waals surface area contributed by atoms with Crippen molar-refractivity contribution in [3.8, 4) is 0 Å². The highest BCUT2D eigenvalue weighted by Gasteiger charge is 2.15. The Labute approximate surface area is 122 Å². The maximum absolute atomic E-state index is 12.3. The maximum Gasteiger partial charge on any atom is 0.292 e. The second-order valence-electron chi connectivity index (χ2n) is 4.42. The summed E-state index contributed by atoms with van der Waals surface area (Å²) < 4.78 is 1.39. The summed E-state index contributed by atoms with van der Waals surface area (Å²) in [7, 11) is 0. The van der Waals surface area contributed by atoms with Gasteiger partial charge < -0.3 is 5.73 Å². The molecular formula is C13H10N4O3S. The van der Waals surface area contributed by atoms with E-state index in [0.29, 0.717) is 15.8 Å². The van der Waals surface area contributed by atoms with Crippen LogP contribution in [-0.4, -0.2) is 14.5 Å². The van der Waals surface area contributed by atoms with E-state index in [1.54, 1.807) is 23.6 Å². The van der Waals surface area contributed by atoms with Gasteiger partial charge in [0.25, 0.3) is 11.2 Å². The molecule has 0 bridgehead atoms. The highest BCUT2D eigenvalue weighted by atomic mass is 32.1. The van der Waals surface area contributed by atoms with Crippen molar-refractivity contribution in [3.05, 3.63) is 62.0 Å². The van der Waals surface area contributed by atoms with Crippen molar-refractivity contribution >= 4 is 32.9 Å². The van der Waals surface area contributed by atoms with E-state index in [4.69, 9.17) is 5.73 Å². The van der Waals surface area contributed by atoms with E-state index in [9.17, 15) is 14.9 Å². The minimum absolute atomic E-state index is 0.0693. The van der Waals surface area contributed by atoms with Crippen molar-refractivity contribution in [1.82, 2.24) is 9.55 Å². The van der Waals surface area contributed by atoms with E-state index >= 15 is 0 Å². The maximum atomic E-state index is 12.3. The Morgan fingerprint density at radius 1 is 1.38 bits per heavy atom. The van der Waals surface area contributed by atoms with Crippen molar-refractivity contribution in [3.63, 3.8) is 0 Å². The number of hydrogen-bond donors (Lipinski definition) is 1. The summed E-state index contributed by atoms with van der Waals surface area (Å²) in [6.45, 7) is 0.144. The van der Waals surface area contributed by atoms with Crippen LogP contribution in [-0.2, 0) is 6.54 Å². The van der Waals surface area contributed by atoms with Crippen molar-refractivity contribution in [2.24, 2.45) is 0 Å². The van der Waals surface area contributed by atoms with Gasteiger partial charge in [-0.2, -0.15) is 0 Å². The molecule has 0 radical (unpaired) electrons. The lowest BCUT2D eigenvalue weighted by molar-refractivity contribution is -0.383. The van der Waals surface area contributed by atoms with Crippen LogP contribution < -0.4 is 11.3 Å². The lowest BCUT2D eigenvalue weighted by Gasteiger charge is -2.08. The average Bonchev–Trinajstić information content (AvgIpc) is 2.93. The fourth-order valence-corrected chi connectivity index (χ4v) is 2.81. The van der Waals surface area contributed by atoms with Gasteiger partial charge in [0.15, 0.2) is 0 Å². The van der Waals surface area contributed by atoms with Gasteiger partial charge in [0, 0.05) is 11.6 Å². The molecule has 8 heteroatoms. The second kappa shape index (κ2) is 4.98. The van der Waals surface area contributed by atoms with Gasteiger partial charge in [0.1, 0.15) is 10.5 Å². The van der Waals surface area contributed by atoms with Gasteiger partial charge in [0.05, 0.1) is 23.2 Å². The molecule has 0 fully saturated rings. The van der Waals surface area contributed by atoms with Gasteiger partial charge in [-0.3, -0.25) is 19.5 Å². The first-order valence-corrected chi connectivity index (χ1v) is 6.90. The standard InChI is InChI=1S/C13H10N4O3S/c14-11-8(2-1-3-10(11)17(19)20)6-16-7-15-12-9(13(16)18)4-5-21-12/h1-5,7H,6,14H2. The van der Waals surface area contributed by atoms with Crippen molar-refractivity contribution in [1.29, 1.82) is 0 Å². The van der Waals surface area contributed by atoms with Crippen LogP contribution in [0.1, 0.15) is 5.56 Å². The smallest absolute Gasteiger partial charge is 0.292 e. The zero-order chi connectivity index (χ0) is 15.0. The predicted molar refractivity (Wildman–Crippen MR) is 80.5 cm³/mol. The normalized spacial score (nSPS) is 10.9. The quantitative estimate of drug-likeness (QED) is 0.452. The number of nitrogen functional groups attached to an aromatic ring is 1. The SMILES string of the molecule is Nc1c(Cn2cnc3sccc3c2=O)cccc1[N+](=O)[O-]. The number of nitro benzene ring substituents is 1. The monoisotopic (exact) mass is 302 g/mol. The van der Waals surface area contributed by atoms with E-state index in [-0.39, 0.29) is 23.5 Å². The van der Waals surface area contributed by atoms with E-state index in [2.05, 4.69) is 4.98 Å². The van der Waals surface area contributed by atoms with Crippen LogP contribution in [0.5, 0.6) is 0 Å². The Kier molecular flexibility index (Phi) is 3.15. The van der Waals surface area contributed by atoms with Gasteiger partial charge in [-0.15, -0.1) is 11.3 Å². The highest BCUT2D eigenvalue weighted by molar-refractivity contribution is 7.16. The van der Waals surface area contributed by atoms with Crippen molar-refractivity contribution in [2.45, 2.75) is 6.54 Å². The third-order valence-electron chi connectivity index (χ3n) is 3.16. The van der Waals surface area contributed by atoms with Crippen LogP contribution in [0.15, 0.2) is 40.8 Å². The molecular weight excluding hydrogens is 292 g/mol. The van der Waals surface area contributed by atoms with Crippen LogP contribution in [0.2, 0.25) is 0 Å². The Morgan fingerprint density at radius 3 is 2.95 bits per heavy atom. The third kappa shape index (κ3) is 2.25. The summed E-state index contributed by atoms with van der Waals surface area (Å²) in [5.74, 6) is 0. The van der Waals surface area contributed by atoms with Crippen molar-refractivity contribution in [2.75, 3.05) is 5.73 Å². The number of rotatable bonds is 3. The Hall–Kier alpha value is -2.74. The molecule has 0 saturated heterocycles. The number of thiophene rings is 1. The summed E-state index contributed by atoms with van der Waals surface area (Å²) in [6.07, 6.45) is 1.43. The van der Waals surface area contributed by atoms with Crippen LogP contribution in [0.25, 0.3) is 10.2 Å². The first-order chi connectivity index (χ1) is 10.1. The Bertz CT molecular complexity index is 900. The van der Waals surface area contributed by atoms with E-state index in [1.165, 1.54) is 28.3 Å². The number of nitro groups is 1. The van der Waals surface area contributed by atoms with Gasteiger partial charge in [-0.1, -0.05) is 12.1 Å². The zero-order valence-electron chi connectivity index (χ0n) is 10.7. The molecule has 2 aromatic heterocycles. The average molecular weight is 302 g/mol. The molecule has 3 rings (SSSR count). The summed E-state index contributed by atoms with van der Waals surface area (Å²) in [4.78, 5) is 27.5. The molecule has 0 atom stereocenters. The second-order valence-corrected chi connectivity index (χ2v) is 5.32. The van der Waals surface area contributed by atoms with E-state index < -0.39 is 4.92 Å². The number of nitrogens with zero attached hydrogens (tertiary/aromatic N) is 3. The summed E-state index contributed by atoms with van der Waals surface area (Å²) in [6, 6.07) is 6.25. The number of para-hydroxylation sites is 1. The molecule has 3 aromatic rings. The molecule has 2 N–H and O–H groups in total. The van der Waals surface area contributed by atoms with Crippen LogP contribution in [0.3, 0.4) is 0 Å². The fourth-order valence-electron chi connectivity index (χ4n) is 2.09. The number of anilines is 1. The van der Waals surface area contributed by atoms with Gasteiger partial charge >= 0.3 is 0 Å². The lowest BCUT2D eigenvalue weighted by Crippen LogP contribution is -2.21. The number of fused-ring (bicyclic) bond motifs is 1. The Morgan fingerprint density at radius 2 is 2.19 bits per heavy atom. The number of nitrogens with two attached hydrogens (primary N) is 1. The minimum Gasteiger partial charge on any atom is -0.393 e. The molecule has 0 unspecified atom stereocenters. The van der Waals surface area contributed by atoms with Gasteiger partial charge in [-0.05, 0) is 11.4 Å². The molecule has 21 heavy (non-hydrogen) atoms. The van der Waals surface area contributed by atoms with E-state index in [1.807, 2.05) is 0 Å². The van der Waals surface area contributed by atoms with Gasteiger partial charge in [0.2, 0.25) is 0 Å². The minimum atomic E-state index is -0.540.